The predicted octanol–water partition coefficient (Wildman–Crippen LogP) is 3.10. The lowest BCUT2D eigenvalue weighted by Crippen LogP contribution is -2.53. The summed E-state index contributed by atoms with van der Waals surface area (Å²) in [4.78, 5) is 0. The Bertz CT molecular complexity index is 358. The number of benzene rings is 1. The second-order valence-electron chi connectivity index (χ2n) is 6.55. The molecule has 0 radical (unpaired) electrons. The van der Waals surface area contributed by atoms with Gasteiger partial charge in [0.1, 0.15) is 0 Å². The van der Waals surface area contributed by atoms with E-state index in [-0.39, 0.29) is 0 Å². The number of hydrogen-bond donors (Lipinski definition) is 1. The third-order valence-corrected chi connectivity index (χ3v) is 4.09. The van der Waals surface area contributed by atoms with Gasteiger partial charge in [-0.05, 0) is 18.4 Å². The molecule has 0 bridgehead atoms. The molecule has 1 N–H and O–H groups in total. The number of rotatable bonds is 4. The highest BCUT2D eigenvalue weighted by molar-refractivity contribution is 5.26. The predicted molar refractivity (Wildman–Crippen MR) is 77.2 cm³/mol. The molecule has 1 aromatic carbocycles. The van der Waals surface area contributed by atoms with Gasteiger partial charge in [0.15, 0.2) is 0 Å². The van der Waals surface area contributed by atoms with Crippen LogP contribution in [0.3, 0.4) is 0 Å². The number of nitrogens with one attached hydrogen (secondary N) is 1. The van der Waals surface area contributed by atoms with E-state index in [1.165, 1.54) is 37.7 Å². The fourth-order valence-corrected chi connectivity index (χ4v) is 2.98. The molecule has 1 aliphatic rings. The van der Waals surface area contributed by atoms with Gasteiger partial charge in [0.05, 0.1) is 27.7 Å². The quantitative estimate of drug-likeness (QED) is 0.637. The second-order valence-corrected chi connectivity index (χ2v) is 6.55. The van der Waals surface area contributed by atoms with Crippen LogP contribution in [0.25, 0.3) is 0 Å². The molecule has 2 nitrogen and oxygen atoms in total. The van der Waals surface area contributed by atoms with Crippen LogP contribution in [0.1, 0.15) is 37.7 Å². The SMILES string of the molecule is C[N+](C)(C)NCC1(c2ccccc2)CCCCC1. The van der Waals surface area contributed by atoms with Crippen LogP contribution >= 0.6 is 0 Å². The third-order valence-electron chi connectivity index (χ3n) is 4.09. The summed E-state index contributed by atoms with van der Waals surface area (Å²) in [7, 11) is 6.59. The lowest BCUT2D eigenvalue weighted by atomic mass is 9.69. The average Bonchev–Trinajstić information content (AvgIpc) is 2.38. The highest BCUT2D eigenvalue weighted by Gasteiger charge is 2.35. The maximum atomic E-state index is 3.67. The van der Waals surface area contributed by atoms with Crippen molar-refractivity contribution in [3.8, 4) is 0 Å². The van der Waals surface area contributed by atoms with Crippen molar-refractivity contribution in [2.75, 3.05) is 27.7 Å². The van der Waals surface area contributed by atoms with Crippen LogP contribution in [-0.2, 0) is 5.41 Å². The molecule has 1 saturated carbocycles. The summed E-state index contributed by atoms with van der Waals surface area (Å²) >= 11 is 0. The monoisotopic (exact) mass is 247 g/mol. The Morgan fingerprint density at radius 1 is 1.00 bits per heavy atom. The van der Waals surface area contributed by atoms with Gasteiger partial charge in [0, 0.05) is 5.41 Å². The first-order chi connectivity index (χ1) is 8.52. The summed E-state index contributed by atoms with van der Waals surface area (Å²) in [6, 6.07) is 11.1. The van der Waals surface area contributed by atoms with Crippen LogP contribution in [0.2, 0.25) is 0 Å². The zero-order valence-corrected chi connectivity index (χ0v) is 12.1. The molecule has 100 valence electrons. The molecule has 1 fully saturated rings. The molecule has 0 aliphatic heterocycles. The Kier molecular flexibility index (Phi) is 4.08. The van der Waals surface area contributed by atoms with Crippen molar-refractivity contribution in [1.29, 1.82) is 0 Å². The van der Waals surface area contributed by atoms with Crippen molar-refractivity contribution in [1.82, 2.24) is 5.43 Å². The largest absolute Gasteiger partial charge is 0.253 e. The standard InChI is InChI=1S/C16H27N2/c1-18(2,3)17-14-16(12-8-5-9-13-16)15-10-6-4-7-11-15/h4,6-7,10-11,17H,5,8-9,12-14H2,1-3H3/q+1. The van der Waals surface area contributed by atoms with E-state index in [0.717, 1.165) is 11.1 Å². The van der Waals surface area contributed by atoms with Crippen molar-refractivity contribution in [3.05, 3.63) is 35.9 Å². The maximum Gasteiger partial charge on any atom is 0.0853 e. The minimum absolute atomic E-state index is 0.352. The summed E-state index contributed by atoms with van der Waals surface area (Å²) in [5.41, 5.74) is 5.54. The van der Waals surface area contributed by atoms with Crippen LogP contribution in [0.4, 0.5) is 0 Å². The van der Waals surface area contributed by atoms with Crippen molar-refractivity contribution < 1.29 is 4.59 Å². The van der Waals surface area contributed by atoms with Crippen LogP contribution in [-0.4, -0.2) is 32.3 Å². The van der Waals surface area contributed by atoms with Gasteiger partial charge in [-0.3, -0.25) is 4.59 Å². The van der Waals surface area contributed by atoms with E-state index in [9.17, 15) is 0 Å². The van der Waals surface area contributed by atoms with Gasteiger partial charge in [0.25, 0.3) is 0 Å². The van der Waals surface area contributed by atoms with Crippen molar-refractivity contribution >= 4 is 0 Å². The molecule has 0 saturated heterocycles. The van der Waals surface area contributed by atoms with E-state index in [1.54, 1.807) is 0 Å². The van der Waals surface area contributed by atoms with Crippen LogP contribution in [0, 0.1) is 0 Å². The van der Waals surface area contributed by atoms with Gasteiger partial charge >= 0.3 is 0 Å². The fraction of sp³-hybridized carbons (Fsp3) is 0.625. The Morgan fingerprint density at radius 2 is 1.61 bits per heavy atom. The Morgan fingerprint density at radius 3 is 2.17 bits per heavy atom. The molecule has 0 unspecified atom stereocenters. The van der Waals surface area contributed by atoms with Crippen LogP contribution < -0.4 is 5.43 Å². The highest BCUT2D eigenvalue weighted by atomic mass is 15.6. The van der Waals surface area contributed by atoms with Gasteiger partial charge in [-0.25, -0.2) is 0 Å². The summed E-state index contributed by atoms with van der Waals surface area (Å²) in [5.74, 6) is 0. The van der Waals surface area contributed by atoms with Crippen molar-refractivity contribution in [3.63, 3.8) is 0 Å². The molecule has 1 aliphatic carbocycles. The zero-order chi connectivity index (χ0) is 13.1. The maximum absolute atomic E-state index is 3.67. The lowest BCUT2D eigenvalue weighted by Gasteiger charge is -2.40. The summed E-state index contributed by atoms with van der Waals surface area (Å²) in [5, 5.41) is 0. The topological polar surface area (TPSA) is 12.0 Å². The van der Waals surface area contributed by atoms with Crippen LogP contribution in [0.15, 0.2) is 30.3 Å². The average molecular weight is 247 g/mol. The van der Waals surface area contributed by atoms with E-state index < -0.39 is 0 Å². The minimum Gasteiger partial charge on any atom is -0.253 e. The first-order valence-corrected chi connectivity index (χ1v) is 7.14. The minimum atomic E-state index is 0.352. The van der Waals surface area contributed by atoms with E-state index in [4.69, 9.17) is 0 Å². The zero-order valence-electron chi connectivity index (χ0n) is 12.1. The highest BCUT2D eigenvalue weighted by Crippen LogP contribution is 2.38. The molecule has 0 amide bonds. The van der Waals surface area contributed by atoms with Crippen molar-refractivity contribution in [2.45, 2.75) is 37.5 Å². The second kappa shape index (κ2) is 5.41. The Labute approximate surface area is 112 Å². The smallest absolute Gasteiger partial charge is 0.0853 e. The van der Waals surface area contributed by atoms with Gasteiger partial charge in [-0.2, -0.15) is 5.43 Å². The van der Waals surface area contributed by atoms with Crippen molar-refractivity contribution in [2.24, 2.45) is 0 Å². The first-order valence-electron chi connectivity index (χ1n) is 7.14. The molecular weight excluding hydrogens is 220 g/mol. The Hall–Kier alpha value is -0.860. The molecule has 0 spiro atoms. The van der Waals surface area contributed by atoms with Gasteiger partial charge in [-0.15, -0.1) is 0 Å². The molecule has 0 aromatic heterocycles. The molecule has 2 rings (SSSR count). The van der Waals surface area contributed by atoms with Gasteiger partial charge in [0.2, 0.25) is 0 Å². The summed E-state index contributed by atoms with van der Waals surface area (Å²) in [6.45, 7) is 1.08. The van der Waals surface area contributed by atoms with E-state index in [0.29, 0.717) is 5.41 Å². The molecule has 18 heavy (non-hydrogen) atoms. The van der Waals surface area contributed by atoms with Gasteiger partial charge < -0.3 is 0 Å². The van der Waals surface area contributed by atoms with E-state index in [2.05, 4.69) is 56.9 Å². The lowest BCUT2D eigenvalue weighted by molar-refractivity contribution is -0.915. The van der Waals surface area contributed by atoms with E-state index >= 15 is 0 Å². The number of quaternary nitrogens is 1. The summed E-state index contributed by atoms with van der Waals surface area (Å²) in [6.07, 6.45) is 6.79. The molecule has 0 heterocycles. The van der Waals surface area contributed by atoms with Gasteiger partial charge in [-0.1, -0.05) is 49.6 Å². The number of nitrogens with zero attached hydrogens (tertiary/aromatic N) is 1. The fourth-order valence-electron chi connectivity index (χ4n) is 2.98. The van der Waals surface area contributed by atoms with E-state index in [1.807, 2.05) is 0 Å². The molecule has 0 atom stereocenters. The first kappa shape index (κ1) is 13.6. The third kappa shape index (κ3) is 3.33. The Balaban J connectivity index is 2.18. The van der Waals surface area contributed by atoms with Crippen LogP contribution in [0.5, 0.6) is 0 Å². The normalized spacial score (nSPS) is 19.7. The summed E-state index contributed by atoms with van der Waals surface area (Å²) < 4.78 is 0.828. The number of hydrogen-bond acceptors (Lipinski definition) is 1. The molecular formula is C16H27N2+. The molecule has 1 aromatic rings. The molecule has 2 heteroatoms.